The molecule has 2 aromatic rings. The Morgan fingerprint density at radius 3 is 2.62 bits per heavy atom. The molecular weight excluding hydrogens is 354 g/mol. The highest BCUT2D eigenvalue weighted by molar-refractivity contribution is 6.32. The Balaban J connectivity index is 1.65. The van der Waals surface area contributed by atoms with Crippen LogP contribution in [0, 0.1) is 0 Å². The van der Waals surface area contributed by atoms with E-state index >= 15 is 0 Å². The maximum absolute atomic E-state index is 12.4. The lowest BCUT2D eigenvalue weighted by Crippen LogP contribution is -2.44. The van der Waals surface area contributed by atoms with Gasteiger partial charge in [0, 0.05) is 31.9 Å². The van der Waals surface area contributed by atoms with Crippen LogP contribution >= 0.6 is 11.6 Å². The molecule has 1 aromatic carbocycles. The summed E-state index contributed by atoms with van der Waals surface area (Å²) in [5, 5.41) is 14.7. The molecule has 1 saturated heterocycles. The number of anilines is 2. The smallest absolute Gasteiger partial charge is 0.276 e. The van der Waals surface area contributed by atoms with Crippen molar-refractivity contribution in [2.24, 2.45) is 0 Å². The van der Waals surface area contributed by atoms with E-state index in [1.165, 1.54) is 0 Å². The number of aromatic nitrogens is 2. The van der Waals surface area contributed by atoms with Crippen molar-refractivity contribution in [2.75, 3.05) is 36.4 Å². The average Bonchev–Trinajstić information content (AvgIpc) is 2.64. The summed E-state index contributed by atoms with van der Waals surface area (Å²) in [6.45, 7) is 7.44. The van der Waals surface area contributed by atoms with Gasteiger partial charge in [0.15, 0.2) is 11.5 Å². The van der Waals surface area contributed by atoms with E-state index in [4.69, 9.17) is 16.3 Å². The fourth-order valence-corrected chi connectivity index (χ4v) is 2.86. The van der Waals surface area contributed by atoms with Gasteiger partial charge in [-0.25, -0.2) is 0 Å². The lowest BCUT2D eigenvalue weighted by molar-refractivity contribution is 0.102. The molecule has 3 rings (SSSR count). The van der Waals surface area contributed by atoms with Crippen molar-refractivity contribution < 1.29 is 9.53 Å². The molecule has 0 radical (unpaired) electrons. The number of rotatable bonds is 5. The van der Waals surface area contributed by atoms with Crippen molar-refractivity contribution in [3.8, 4) is 5.75 Å². The minimum absolute atomic E-state index is 0.0254. The lowest BCUT2D eigenvalue weighted by atomic mass is 10.2. The maximum Gasteiger partial charge on any atom is 0.276 e. The van der Waals surface area contributed by atoms with E-state index in [0.717, 1.165) is 32.0 Å². The molecule has 0 aliphatic carbocycles. The summed E-state index contributed by atoms with van der Waals surface area (Å²) in [5.41, 5.74) is 0.826. The summed E-state index contributed by atoms with van der Waals surface area (Å²) >= 11 is 6.19. The molecule has 1 amide bonds. The van der Waals surface area contributed by atoms with Gasteiger partial charge in [0.05, 0.1) is 11.1 Å². The molecule has 1 aliphatic rings. The molecule has 0 unspecified atom stereocenters. The predicted octanol–water partition coefficient (Wildman–Crippen LogP) is 2.58. The Morgan fingerprint density at radius 1 is 1.23 bits per heavy atom. The van der Waals surface area contributed by atoms with Crippen LogP contribution in [0.1, 0.15) is 24.3 Å². The van der Waals surface area contributed by atoms with Crippen molar-refractivity contribution in [1.82, 2.24) is 15.5 Å². The van der Waals surface area contributed by atoms with Crippen molar-refractivity contribution in [3.63, 3.8) is 0 Å². The summed E-state index contributed by atoms with van der Waals surface area (Å²) in [7, 11) is 0. The normalized spacial score (nSPS) is 14.4. The van der Waals surface area contributed by atoms with Gasteiger partial charge >= 0.3 is 0 Å². The topological polar surface area (TPSA) is 79.4 Å². The van der Waals surface area contributed by atoms with Crippen LogP contribution in [-0.4, -0.2) is 48.4 Å². The van der Waals surface area contributed by atoms with Gasteiger partial charge in [-0.05, 0) is 44.2 Å². The monoisotopic (exact) mass is 375 g/mol. The number of hydrogen-bond acceptors (Lipinski definition) is 6. The minimum atomic E-state index is -0.335. The third-order valence-corrected chi connectivity index (χ3v) is 4.17. The van der Waals surface area contributed by atoms with Gasteiger partial charge in [-0.3, -0.25) is 4.79 Å². The molecule has 1 fully saturated rings. The van der Waals surface area contributed by atoms with E-state index in [-0.39, 0.29) is 17.7 Å². The summed E-state index contributed by atoms with van der Waals surface area (Å²) < 4.78 is 5.58. The SMILES string of the molecule is CC(C)Oc1ccc(NC(=O)c2ccc(N3CCNCC3)nn2)cc1Cl. The fraction of sp³-hybridized carbons (Fsp3) is 0.389. The number of halogens is 1. The summed E-state index contributed by atoms with van der Waals surface area (Å²) in [6.07, 6.45) is 0.0254. The van der Waals surface area contributed by atoms with E-state index in [2.05, 4.69) is 25.7 Å². The second-order valence-electron chi connectivity index (χ2n) is 6.28. The summed E-state index contributed by atoms with van der Waals surface area (Å²) in [5.74, 6) is 1.03. The minimum Gasteiger partial charge on any atom is -0.489 e. The standard InChI is InChI=1S/C18H22ClN5O2/c1-12(2)26-16-5-3-13(11-14(16)19)21-18(25)15-4-6-17(23-22-15)24-9-7-20-8-10-24/h3-6,11-12,20H,7-10H2,1-2H3,(H,21,25). The van der Waals surface area contributed by atoms with Gasteiger partial charge < -0.3 is 20.3 Å². The molecule has 138 valence electrons. The summed E-state index contributed by atoms with van der Waals surface area (Å²) in [4.78, 5) is 14.5. The van der Waals surface area contributed by atoms with Gasteiger partial charge in [0.2, 0.25) is 0 Å². The molecular formula is C18H22ClN5O2. The first-order chi connectivity index (χ1) is 12.5. The Labute approximate surface area is 157 Å². The van der Waals surface area contributed by atoms with Crippen LogP contribution in [0.2, 0.25) is 5.02 Å². The zero-order valence-corrected chi connectivity index (χ0v) is 15.6. The lowest BCUT2D eigenvalue weighted by Gasteiger charge is -2.27. The molecule has 0 bridgehead atoms. The zero-order chi connectivity index (χ0) is 18.5. The molecule has 2 heterocycles. The average molecular weight is 376 g/mol. The molecule has 2 N–H and O–H groups in total. The predicted molar refractivity (Wildman–Crippen MR) is 102 cm³/mol. The molecule has 1 aromatic heterocycles. The van der Waals surface area contributed by atoms with Crippen LogP contribution in [0.5, 0.6) is 5.75 Å². The van der Waals surface area contributed by atoms with Crippen molar-refractivity contribution in [1.29, 1.82) is 0 Å². The Bertz CT molecular complexity index is 761. The quantitative estimate of drug-likeness (QED) is 0.836. The maximum atomic E-state index is 12.4. The first-order valence-corrected chi connectivity index (χ1v) is 8.97. The third-order valence-electron chi connectivity index (χ3n) is 3.88. The number of carbonyl (C=O) groups excluding carboxylic acids is 1. The van der Waals surface area contributed by atoms with Crippen LogP contribution in [0.15, 0.2) is 30.3 Å². The molecule has 0 saturated carbocycles. The molecule has 8 heteroatoms. The third kappa shape index (κ3) is 4.62. The first kappa shape index (κ1) is 18.4. The van der Waals surface area contributed by atoms with Gasteiger partial charge in [-0.1, -0.05) is 11.6 Å². The van der Waals surface area contributed by atoms with E-state index in [9.17, 15) is 4.79 Å². The molecule has 1 aliphatic heterocycles. The van der Waals surface area contributed by atoms with E-state index in [1.807, 2.05) is 19.9 Å². The Kier molecular flexibility index (Phi) is 5.90. The number of nitrogens with one attached hydrogen (secondary N) is 2. The second kappa shape index (κ2) is 8.33. The van der Waals surface area contributed by atoms with E-state index in [0.29, 0.717) is 16.5 Å². The fourth-order valence-electron chi connectivity index (χ4n) is 2.63. The largest absolute Gasteiger partial charge is 0.489 e. The number of benzene rings is 1. The number of carbonyl (C=O) groups is 1. The highest BCUT2D eigenvalue weighted by Gasteiger charge is 2.14. The molecule has 0 spiro atoms. The van der Waals surface area contributed by atoms with Crippen LogP contribution in [0.4, 0.5) is 11.5 Å². The van der Waals surface area contributed by atoms with Crippen molar-refractivity contribution in [2.45, 2.75) is 20.0 Å². The molecule has 7 nitrogen and oxygen atoms in total. The van der Waals surface area contributed by atoms with Crippen molar-refractivity contribution >= 4 is 29.0 Å². The van der Waals surface area contributed by atoms with Crippen molar-refractivity contribution in [3.05, 3.63) is 41.0 Å². The first-order valence-electron chi connectivity index (χ1n) is 8.60. The van der Waals surface area contributed by atoms with Gasteiger partial charge in [-0.2, -0.15) is 0 Å². The van der Waals surface area contributed by atoms with Gasteiger partial charge in [0.25, 0.3) is 5.91 Å². The number of ether oxygens (including phenoxy) is 1. The second-order valence-corrected chi connectivity index (χ2v) is 6.69. The number of piperazine rings is 1. The zero-order valence-electron chi connectivity index (χ0n) is 14.8. The van der Waals surface area contributed by atoms with Crippen LogP contribution in [0.3, 0.4) is 0 Å². The van der Waals surface area contributed by atoms with Crippen LogP contribution in [-0.2, 0) is 0 Å². The Morgan fingerprint density at radius 2 is 2.00 bits per heavy atom. The van der Waals surface area contributed by atoms with Gasteiger partial charge in [-0.15, -0.1) is 10.2 Å². The highest BCUT2D eigenvalue weighted by Crippen LogP contribution is 2.28. The van der Waals surface area contributed by atoms with E-state index < -0.39 is 0 Å². The molecule has 26 heavy (non-hydrogen) atoms. The van der Waals surface area contributed by atoms with Gasteiger partial charge in [0.1, 0.15) is 5.75 Å². The number of nitrogens with zero attached hydrogens (tertiary/aromatic N) is 3. The summed E-state index contributed by atoms with van der Waals surface area (Å²) in [6, 6.07) is 8.62. The number of amides is 1. The number of hydrogen-bond donors (Lipinski definition) is 2. The van der Waals surface area contributed by atoms with Crippen LogP contribution < -0.4 is 20.3 Å². The highest BCUT2D eigenvalue weighted by atomic mass is 35.5. The Hall–Kier alpha value is -2.38. The molecule has 0 atom stereocenters. The van der Waals surface area contributed by atoms with E-state index in [1.54, 1.807) is 24.3 Å². The van der Waals surface area contributed by atoms with Crippen LogP contribution in [0.25, 0.3) is 0 Å².